The standard InChI is InChI=1S/C18H22FNO3/c1-18(2,12-4-3-5-13(19)8-12)17(23)20-9-14(11-6-7-11)15(10-20)16(21)22/h3-5,8,11,14-15H,6-7,9-10H2,1-2H3,(H,21,22)/t14-,15+/m1/s1. The van der Waals surface area contributed by atoms with Gasteiger partial charge in [-0.3, -0.25) is 9.59 Å². The molecule has 3 rings (SSSR count). The van der Waals surface area contributed by atoms with E-state index in [-0.39, 0.29) is 24.2 Å². The molecular weight excluding hydrogens is 297 g/mol. The molecule has 1 aliphatic heterocycles. The third-order valence-electron chi connectivity index (χ3n) is 5.28. The van der Waals surface area contributed by atoms with E-state index in [1.54, 1.807) is 30.9 Å². The molecule has 1 heterocycles. The number of likely N-dealkylation sites (tertiary alicyclic amines) is 1. The molecular formula is C18H22FNO3. The Kier molecular flexibility index (Phi) is 3.90. The average molecular weight is 319 g/mol. The van der Waals surface area contributed by atoms with Crippen LogP contribution in [0.3, 0.4) is 0 Å². The minimum Gasteiger partial charge on any atom is -0.481 e. The molecule has 2 aliphatic rings. The summed E-state index contributed by atoms with van der Waals surface area (Å²) >= 11 is 0. The third kappa shape index (κ3) is 2.96. The number of benzene rings is 1. The number of carbonyl (C=O) groups is 2. The quantitative estimate of drug-likeness (QED) is 0.928. The minimum absolute atomic E-state index is 0.0553. The summed E-state index contributed by atoms with van der Waals surface area (Å²) in [5.41, 5.74) is -0.256. The largest absolute Gasteiger partial charge is 0.481 e. The van der Waals surface area contributed by atoms with Crippen molar-refractivity contribution in [3.05, 3.63) is 35.6 Å². The zero-order valence-corrected chi connectivity index (χ0v) is 13.5. The van der Waals surface area contributed by atoms with Gasteiger partial charge in [-0.25, -0.2) is 4.39 Å². The van der Waals surface area contributed by atoms with Crippen molar-refractivity contribution >= 4 is 11.9 Å². The molecule has 1 amide bonds. The topological polar surface area (TPSA) is 57.6 Å². The molecule has 124 valence electrons. The third-order valence-corrected chi connectivity index (χ3v) is 5.28. The highest BCUT2D eigenvalue weighted by molar-refractivity contribution is 5.88. The van der Waals surface area contributed by atoms with Crippen molar-refractivity contribution in [1.29, 1.82) is 0 Å². The van der Waals surface area contributed by atoms with Gasteiger partial charge in [0.25, 0.3) is 0 Å². The fourth-order valence-corrected chi connectivity index (χ4v) is 3.65. The fourth-order valence-electron chi connectivity index (χ4n) is 3.65. The van der Waals surface area contributed by atoms with E-state index in [0.717, 1.165) is 12.8 Å². The summed E-state index contributed by atoms with van der Waals surface area (Å²) in [5, 5.41) is 9.43. The van der Waals surface area contributed by atoms with Gasteiger partial charge in [0.15, 0.2) is 0 Å². The molecule has 1 aromatic carbocycles. The number of hydrogen-bond acceptors (Lipinski definition) is 2. The molecule has 1 saturated heterocycles. The van der Waals surface area contributed by atoms with E-state index >= 15 is 0 Å². The maximum absolute atomic E-state index is 13.5. The van der Waals surface area contributed by atoms with Gasteiger partial charge in [0.2, 0.25) is 5.91 Å². The van der Waals surface area contributed by atoms with Gasteiger partial charge >= 0.3 is 5.97 Å². The second-order valence-electron chi connectivity index (χ2n) is 7.29. The van der Waals surface area contributed by atoms with Crippen molar-refractivity contribution in [1.82, 2.24) is 4.90 Å². The van der Waals surface area contributed by atoms with Crippen LogP contribution >= 0.6 is 0 Å². The number of halogens is 1. The molecule has 0 aromatic heterocycles. The Balaban J connectivity index is 1.81. The van der Waals surface area contributed by atoms with Gasteiger partial charge in [-0.05, 0) is 56.2 Å². The Morgan fingerprint density at radius 1 is 1.26 bits per heavy atom. The summed E-state index contributed by atoms with van der Waals surface area (Å²) in [4.78, 5) is 26.1. The van der Waals surface area contributed by atoms with Crippen molar-refractivity contribution in [3.8, 4) is 0 Å². The number of nitrogens with zero attached hydrogens (tertiary/aromatic N) is 1. The lowest BCUT2D eigenvalue weighted by Gasteiger charge is -2.30. The van der Waals surface area contributed by atoms with Gasteiger partial charge in [0.1, 0.15) is 5.82 Å². The smallest absolute Gasteiger partial charge is 0.308 e. The van der Waals surface area contributed by atoms with Crippen LogP contribution in [-0.2, 0) is 15.0 Å². The van der Waals surface area contributed by atoms with Crippen molar-refractivity contribution < 1.29 is 19.1 Å². The van der Waals surface area contributed by atoms with Crippen LogP contribution in [0, 0.1) is 23.6 Å². The van der Waals surface area contributed by atoms with Gasteiger partial charge in [0.05, 0.1) is 11.3 Å². The molecule has 2 atom stereocenters. The lowest BCUT2D eigenvalue weighted by Crippen LogP contribution is -2.42. The summed E-state index contributed by atoms with van der Waals surface area (Å²) in [6, 6.07) is 6.06. The molecule has 1 aliphatic carbocycles. The number of aliphatic carboxylic acids is 1. The van der Waals surface area contributed by atoms with Crippen LogP contribution in [0.15, 0.2) is 24.3 Å². The first-order valence-corrected chi connectivity index (χ1v) is 8.09. The van der Waals surface area contributed by atoms with Gasteiger partial charge in [-0.1, -0.05) is 12.1 Å². The Morgan fingerprint density at radius 2 is 1.96 bits per heavy atom. The second kappa shape index (κ2) is 5.62. The second-order valence-corrected chi connectivity index (χ2v) is 7.29. The SMILES string of the molecule is CC(C)(C(=O)N1C[C@H](C(=O)O)[C@@H](C2CC2)C1)c1cccc(F)c1. The maximum atomic E-state index is 13.5. The van der Waals surface area contributed by atoms with Crippen molar-refractivity contribution in [3.63, 3.8) is 0 Å². The predicted molar refractivity (Wildman–Crippen MR) is 83.3 cm³/mol. The van der Waals surface area contributed by atoms with Gasteiger partial charge in [0, 0.05) is 13.1 Å². The number of carboxylic acids is 1. The van der Waals surface area contributed by atoms with E-state index in [9.17, 15) is 19.1 Å². The van der Waals surface area contributed by atoms with E-state index < -0.39 is 17.3 Å². The Labute approximate surface area is 135 Å². The first kappa shape index (κ1) is 16.0. The van der Waals surface area contributed by atoms with E-state index in [2.05, 4.69) is 0 Å². The lowest BCUT2D eigenvalue weighted by atomic mass is 9.83. The zero-order valence-electron chi connectivity index (χ0n) is 13.5. The van der Waals surface area contributed by atoms with Crippen molar-refractivity contribution in [2.75, 3.05) is 13.1 Å². The van der Waals surface area contributed by atoms with E-state index in [1.165, 1.54) is 12.1 Å². The summed E-state index contributed by atoms with van der Waals surface area (Å²) in [6.45, 7) is 4.29. The highest BCUT2D eigenvalue weighted by Crippen LogP contribution is 2.44. The van der Waals surface area contributed by atoms with Gasteiger partial charge < -0.3 is 10.0 Å². The molecule has 0 bridgehead atoms. The van der Waals surface area contributed by atoms with Crippen LogP contribution in [0.25, 0.3) is 0 Å². The monoisotopic (exact) mass is 319 g/mol. The molecule has 5 heteroatoms. The first-order chi connectivity index (χ1) is 10.8. The van der Waals surface area contributed by atoms with Crippen LogP contribution in [-0.4, -0.2) is 35.0 Å². The number of carboxylic acid groups (broad SMARTS) is 1. The fraction of sp³-hybridized carbons (Fsp3) is 0.556. The van der Waals surface area contributed by atoms with Crippen LogP contribution in [0.4, 0.5) is 4.39 Å². The van der Waals surface area contributed by atoms with Gasteiger partial charge in [-0.15, -0.1) is 0 Å². The Hall–Kier alpha value is -1.91. The summed E-state index contributed by atoms with van der Waals surface area (Å²) in [5.74, 6) is -1.30. The predicted octanol–water partition coefficient (Wildman–Crippen LogP) is 2.67. The molecule has 1 aromatic rings. The normalized spacial score (nSPS) is 24.7. The van der Waals surface area contributed by atoms with Gasteiger partial charge in [-0.2, -0.15) is 0 Å². The molecule has 0 unspecified atom stereocenters. The molecule has 1 saturated carbocycles. The maximum Gasteiger partial charge on any atom is 0.308 e. The van der Waals surface area contributed by atoms with Crippen LogP contribution < -0.4 is 0 Å². The zero-order chi connectivity index (χ0) is 16.8. The molecule has 0 spiro atoms. The highest BCUT2D eigenvalue weighted by Gasteiger charge is 2.48. The summed E-state index contributed by atoms with van der Waals surface area (Å²) in [6.07, 6.45) is 2.12. The lowest BCUT2D eigenvalue weighted by molar-refractivity contribution is -0.143. The van der Waals surface area contributed by atoms with Crippen LogP contribution in [0.5, 0.6) is 0 Å². The van der Waals surface area contributed by atoms with Crippen molar-refractivity contribution in [2.45, 2.75) is 32.1 Å². The molecule has 4 nitrogen and oxygen atoms in total. The first-order valence-electron chi connectivity index (χ1n) is 8.09. The van der Waals surface area contributed by atoms with Crippen LogP contribution in [0.2, 0.25) is 0 Å². The van der Waals surface area contributed by atoms with E-state index in [0.29, 0.717) is 18.0 Å². The van der Waals surface area contributed by atoms with E-state index in [4.69, 9.17) is 0 Å². The molecule has 2 fully saturated rings. The number of rotatable bonds is 4. The van der Waals surface area contributed by atoms with Crippen molar-refractivity contribution in [2.24, 2.45) is 17.8 Å². The van der Waals surface area contributed by atoms with E-state index in [1.807, 2.05) is 0 Å². The number of hydrogen-bond donors (Lipinski definition) is 1. The molecule has 0 radical (unpaired) electrons. The average Bonchev–Trinajstić information content (AvgIpc) is 3.24. The summed E-state index contributed by atoms with van der Waals surface area (Å²) in [7, 11) is 0. The minimum atomic E-state index is -0.871. The number of carbonyl (C=O) groups excluding carboxylic acids is 1. The molecule has 23 heavy (non-hydrogen) atoms. The summed E-state index contributed by atoms with van der Waals surface area (Å²) < 4.78 is 13.5. The van der Waals surface area contributed by atoms with Crippen LogP contribution in [0.1, 0.15) is 32.3 Å². The Morgan fingerprint density at radius 3 is 2.52 bits per heavy atom. The molecule has 1 N–H and O–H groups in total. The number of amides is 1. The Bertz CT molecular complexity index is 639. The highest BCUT2D eigenvalue weighted by atomic mass is 19.1.